The van der Waals surface area contributed by atoms with Crippen LogP contribution in [0.3, 0.4) is 0 Å². The third-order valence-electron chi connectivity index (χ3n) is 16.3. The van der Waals surface area contributed by atoms with Crippen molar-refractivity contribution < 1.29 is 24.5 Å². The van der Waals surface area contributed by atoms with Crippen LogP contribution in [-0.4, -0.2) is 47.4 Å². The van der Waals surface area contributed by atoms with Gasteiger partial charge in [0, 0.05) is 12.8 Å². The highest BCUT2D eigenvalue weighted by molar-refractivity contribution is 5.76. The Bertz CT molecular complexity index is 1320. The molecule has 0 heterocycles. The van der Waals surface area contributed by atoms with E-state index in [2.05, 4.69) is 55.6 Å². The van der Waals surface area contributed by atoms with Crippen LogP contribution in [-0.2, 0) is 14.3 Å². The summed E-state index contributed by atoms with van der Waals surface area (Å²) in [6, 6.07) is -0.628. The maximum absolute atomic E-state index is 12.5. The molecule has 0 aliphatic rings. The van der Waals surface area contributed by atoms with Crippen molar-refractivity contribution in [3.05, 3.63) is 48.6 Å². The zero-order valence-electron chi connectivity index (χ0n) is 53.1. The number of esters is 1. The lowest BCUT2D eigenvalue weighted by atomic mass is 10.0. The number of ether oxygens (including phenoxy) is 1. The Hall–Kier alpha value is -2.18. The van der Waals surface area contributed by atoms with E-state index in [1.54, 1.807) is 6.08 Å². The van der Waals surface area contributed by atoms with E-state index in [-0.39, 0.29) is 18.5 Å². The van der Waals surface area contributed by atoms with E-state index >= 15 is 0 Å². The van der Waals surface area contributed by atoms with E-state index in [0.717, 1.165) is 51.4 Å². The Kier molecular flexibility index (Phi) is 66.4. The molecule has 0 aromatic rings. The lowest BCUT2D eigenvalue weighted by Crippen LogP contribution is -2.45. The molecule has 1 amide bonds. The predicted molar refractivity (Wildman–Crippen MR) is 347 cm³/mol. The van der Waals surface area contributed by atoms with Crippen LogP contribution in [0.1, 0.15) is 380 Å². The van der Waals surface area contributed by atoms with Gasteiger partial charge in [-0.3, -0.25) is 9.59 Å². The highest BCUT2D eigenvalue weighted by atomic mass is 16.5. The van der Waals surface area contributed by atoms with Crippen molar-refractivity contribution >= 4 is 11.9 Å². The Balaban J connectivity index is 3.38. The molecule has 464 valence electrons. The van der Waals surface area contributed by atoms with Gasteiger partial charge in [0.05, 0.1) is 25.4 Å². The first-order valence-electron chi connectivity index (χ1n) is 35.4. The summed E-state index contributed by atoms with van der Waals surface area (Å²) in [6.45, 7) is 4.90. The third kappa shape index (κ3) is 64.8. The third-order valence-corrected chi connectivity index (χ3v) is 16.3. The predicted octanol–water partition coefficient (Wildman–Crippen LogP) is 22.9. The van der Waals surface area contributed by atoms with Gasteiger partial charge in [0.25, 0.3) is 0 Å². The molecule has 6 nitrogen and oxygen atoms in total. The fraction of sp³-hybridized carbons (Fsp3) is 0.863. The lowest BCUT2D eigenvalue weighted by molar-refractivity contribution is -0.143. The minimum atomic E-state index is -0.845. The highest BCUT2D eigenvalue weighted by Gasteiger charge is 2.18. The zero-order valence-corrected chi connectivity index (χ0v) is 53.1. The van der Waals surface area contributed by atoms with Gasteiger partial charge in [-0.2, -0.15) is 0 Å². The van der Waals surface area contributed by atoms with E-state index in [9.17, 15) is 19.8 Å². The summed E-state index contributed by atoms with van der Waals surface area (Å²) in [4.78, 5) is 24.6. The Morgan fingerprint density at radius 2 is 0.633 bits per heavy atom. The molecule has 0 aliphatic carbocycles. The van der Waals surface area contributed by atoms with E-state index in [1.165, 1.54) is 302 Å². The van der Waals surface area contributed by atoms with Crippen LogP contribution in [0, 0.1) is 0 Å². The van der Waals surface area contributed by atoms with E-state index in [4.69, 9.17) is 4.74 Å². The van der Waals surface area contributed by atoms with Crippen LogP contribution in [0.4, 0.5) is 0 Å². The minimum absolute atomic E-state index is 0.0118. The summed E-state index contributed by atoms with van der Waals surface area (Å²) >= 11 is 0. The maximum atomic E-state index is 12.5. The first kappa shape index (κ1) is 76.8. The molecule has 0 aromatic heterocycles. The average molecular weight is 1110 g/mol. The Morgan fingerprint density at radius 1 is 0.354 bits per heavy atom. The van der Waals surface area contributed by atoms with Gasteiger partial charge >= 0.3 is 5.97 Å². The molecular weight excluding hydrogens is 971 g/mol. The van der Waals surface area contributed by atoms with Crippen molar-refractivity contribution in [2.45, 2.75) is 392 Å². The van der Waals surface area contributed by atoms with Gasteiger partial charge in [-0.05, 0) is 89.9 Å². The summed E-state index contributed by atoms with van der Waals surface area (Å²) < 4.78 is 5.51. The molecule has 79 heavy (non-hydrogen) atoms. The number of aliphatic hydroxyl groups is 2. The molecule has 2 atom stereocenters. The Morgan fingerprint density at radius 3 is 1.00 bits per heavy atom. The molecule has 0 radical (unpaired) electrons. The maximum Gasteiger partial charge on any atom is 0.305 e. The van der Waals surface area contributed by atoms with E-state index in [0.29, 0.717) is 19.4 Å². The van der Waals surface area contributed by atoms with Gasteiger partial charge in [0.15, 0.2) is 0 Å². The number of carbonyl (C=O) groups excluding carboxylic acids is 2. The van der Waals surface area contributed by atoms with Crippen molar-refractivity contribution in [1.29, 1.82) is 0 Å². The van der Waals surface area contributed by atoms with Gasteiger partial charge < -0.3 is 20.3 Å². The minimum Gasteiger partial charge on any atom is -0.466 e. The molecule has 3 N–H and O–H groups in total. The second kappa shape index (κ2) is 68.3. The van der Waals surface area contributed by atoms with Crippen molar-refractivity contribution in [2.24, 2.45) is 0 Å². The SMILES string of the molecule is CCCCC/C=C\C/C=C\CCCCCCCCCCCC(=O)OCCCCCCCCCCCCCC/C=C\CCCCCCCCCCCCCCC(=O)NC(CO)C(O)/C=C/CCCCCCCCCCCCCCC. The van der Waals surface area contributed by atoms with Crippen LogP contribution >= 0.6 is 0 Å². The zero-order chi connectivity index (χ0) is 57.1. The standard InChI is InChI=1S/C73H137NO5/c1-3-5-7-9-11-13-15-17-19-20-31-35-39-43-47-51-55-59-63-67-73(78)79-68-64-60-56-52-48-44-40-36-33-30-28-26-24-22-21-23-25-27-29-32-34-38-42-46-50-54-58-62-66-72(77)74-70(69-75)71(76)65-61-57-53-49-45-41-37-18-16-14-12-10-8-6-4-2/h11,13,17,19,21-22,61,65,70-71,75-76H,3-10,12,14-16,18,20,23-60,62-64,66-69H2,1-2H3,(H,74,77)/b13-11-,19-17-,22-21-,65-61+. The molecule has 0 fully saturated rings. The summed E-state index contributed by atoms with van der Waals surface area (Å²) in [5, 5.41) is 23.2. The van der Waals surface area contributed by atoms with Gasteiger partial charge in [-0.25, -0.2) is 0 Å². The van der Waals surface area contributed by atoms with Crippen molar-refractivity contribution in [3.8, 4) is 0 Å². The number of carbonyl (C=O) groups is 2. The Labute approximate surface area is 493 Å². The van der Waals surface area contributed by atoms with Gasteiger partial charge in [-0.1, -0.05) is 326 Å². The number of aliphatic hydroxyl groups excluding tert-OH is 2. The molecule has 0 rings (SSSR count). The number of allylic oxidation sites excluding steroid dienone is 7. The number of unbranched alkanes of at least 4 members (excludes halogenated alkanes) is 49. The number of nitrogens with one attached hydrogen (secondary N) is 1. The largest absolute Gasteiger partial charge is 0.466 e. The van der Waals surface area contributed by atoms with E-state index < -0.39 is 12.1 Å². The van der Waals surface area contributed by atoms with E-state index in [1.807, 2.05) is 6.08 Å². The molecule has 0 bridgehead atoms. The highest BCUT2D eigenvalue weighted by Crippen LogP contribution is 2.18. The summed E-state index contributed by atoms with van der Waals surface area (Å²) in [5.41, 5.74) is 0. The van der Waals surface area contributed by atoms with Crippen molar-refractivity contribution in [2.75, 3.05) is 13.2 Å². The van der Waals surface area contributed by atoms with Crippen molar-refractivity contribution in [1.82, 2.24) is 5.32 Å². The quantitative estimate of drug-likeness (QED) is 0.0320. The van der Waals surface area contributed by atoms with Crippen LogP contribution in [0.25, 0.3) is 0 Å². The van der Waals surface area contributed by atoms with Crippen molar-refractivity contribution in [3.63, 3.8) is 0 Å². The van der Waals surface area contributed by atoms with Crippen LogP contribution in [0.2, 0.25) is 0 Å². The van der Waals surface area contributed by atoms with Crippen LogP contribution in [0.15, 0.2) is 48.6 Å². The first-order chi connectivity index (χ1) is 39.0. The smallest absolute Gasteiger partial charge is 0.305 e. The summed E-state index contributed by atoms with van der Waals surface area (Å²) in [5.74, 6) is -0.0545. The number of amides is 1. The topological polar surface area (TPSA) is 95.9 Å². The normalized spacial score (nSPS) is 12.8. The molecule has 0 saturated heterocycles. The summed E-state index contributed by atoms with van der Waals surface area (Å²) in [7, 11) is 0. The number of hydrogen-bond acceptors (Lipinski definition) is 5. The first-order valence-corrected chi connectivity index (χ1v) is 35.4. The van der Waals surface area contributed by atoms with Crippen LogP contribution < -0.4 is 5.32 Å². The monoisotopic (exact) mass is 1110 g/mol. The van der Waals surface area contributed by atoms with Gasteiger partial charge in [0.1, 0.15) is 0 Å². The molecule has 0 aliphatic heterocycles. The second-order valence-corrected chi connectivity index (χ2v) is 24.2. The van der Waals surface area contributed by atoms with Gasteiger partial charge in [0.2, 0.25) is 5.91 Å². The molecule has 6 heteroatoms. The lowest BCUT2D eigenvalue weighted by Gasteiger charge is -2.20. The van der Waals surface area contributed by atoms with Crippen LogP contribution in [0.5, 0.6) is 0 Å². The molecule has 0 saturated carbocycles. The second-order valence-electron chi connectivity index (χ2n) is 24.2. The molecular formula is C73H137NO5. The molecule has 2 unspecified atom stereocenters. The number of rotatable bonds is 66. The van der Waals surface area contributed by atoms with Gasteiger partial charge in [-0.15, -0.1) is 0 Å². The molecule has 0 spiro atoms. The number of hydrogen-bond donors (Lipinski definition) is 3. The average Bonchev–Trinajstić information content (AvgIpc) is 3.45. The molecule has 0 aromatic carbocycles. The fourth-order valence-electron chi connectivity index (χ4n) is 10.9. The summed E-state index contributed by atoms with van der Waals surface area (Å²) in [6.07, 6.45) is 89.0. The fourth-order valence-corrected chi connectivity index (χ4v) is 10.9.